The van der Waals surface area contributed by atoms with Gasteiger partial charge in [0.05, 0.1) is 0 Å². The maximum Gasteiger partial charge on any atom is 2.00 e. The molecule has 0 rings (SSSR count). The molecule has 0 aliphatic heterocycles. The maximum atomic E-state index is 4.51. The van der Waals surface area contributed by atoms with Gasteiger partial charge in [-0.2, -0.15) is 8.39 Å². The van der Waals surface area contributed by atoms with Gasteiger partial charge in [-0.1, -0.05) is 13.8 Å². The average molecular weight is 269 g/mol. The van der Waals surface area contributed by atoms with Crippen molar-refractivity contribution in [3.8, 4) is 0 Å². The molecule has 0 aliphatic rings. The van der Waals surface area contributed by atoms with Crippen LogP contribution in [0.2, 0.25) is 0 Å². The van der Waals surface area contributed by atoms with Crippen LogP contribution in [-0.4, -0.2) is 8.39 Å². The van der Waals surface area contributed by atoms with Gasteiger partial charge < -0.3 is 49.7 Å². The summed E-state index contributed by atoms with van der Waals surface area (Å²) in [6.07, 6.45) is 1.70. The minimum absolute atomic E-state index is 0. The fraction of sp³-hybridized carbons (Fsp3) is 0.667. The summed E-state index contributed by atoms with van der Waals surface area (Å²) in [5, 5.41) is 0. The zero-order valence-electron chi connectivity index (χ0n) is 6.36. The van der Waals surface area contributed by atoms with Gasteiger partial charge in [-0.25, -0.2) is 0 Å². The summed E-state index contributed by atoms with van der Waals surface area (Å²) in [4.78, 5) is 0. The molecule has 68 valence electrons. The van der Waals surface area contributed by atoms with Gasteiger partial charge in [-0.05, 0) is 12.8 Å². The molecule has 0 atom stereocenters. The minimum atomic E-state index is 0. The Hall–Kier alpha value is 1.11. The second-order valence-electron chi connectivity index (χ2n) is 1.45. The van der Waals surface area contributed by atoms with Crippen LogP contribution in [0, 0.1) is 0 Å². The second-order valence-corrected chi connectivity index (χ2v) is 3.94. The van der Waals surface area contributed by atoms with Crippen molar-refractivity contribution in [3.63, 3.8) is 0 Å². The van der Waals surface area contributed by atoms with Gasteiger partial charge in [-0.3, -0.25) is 0 Å². The quantitative estimate of drug-likeness (QED) is 0.429. The monoisotopic (exact) mass is 268 g/mol. The van der Waals surface area contributed by atoms with Crippen molar-refractivity contribution in [1.82, 2.24) is 0 Å². The molecule has 0 aromatic carbocycles. The Balaban J connectivity index is -0.000000107. The molecular weight excluding hydrogens is 259 g/mol. The zero-order valence-corrected chi connectivity index (χ0v) is 10.6. The molecule has 0 nitrogen and oxygen atoms in total. The van der Waals surface area contributed by atoms with Crippen LogP contribution in [0.5, 0.6) is 0 Å². The molecule has 0 unspecified atom stereocenters. The molecule has 0 saturated carbocycles. The van der Waals surface area contributed by atoms with Crippen LogP contribution in [0.25, 0.3) is 0 Å². The number of hydrogen-bond acceptors (Lipinski definition) is 4. The van der Waals surface area contributed by atoms with Crippen LogP contribution >= 0.6 is 24.4 Å². The maximum absolute atomic E-state index is 4.51. The van der Waals surface area contributed by atoms with Crippen LogP contribution in [0.15, 0.2) is 0 Å². The molecule has 0 spiro atoms. The van der Waals surface area contributed by atoms with Gasteiger partial charge in [0.2, 0.25) is 0 Å². The van der Waals surface area contributed by atoms with Gasteiger partial charge in [0.1, 0.15) is 0 Å². The molecule has 0 fully saturated rings. The molecule has 0 bridgehead atoms. The van der Waals surface area contributed by atoms with E-state index >= 15 is 0 Å². The summed E-state index contributed by atoms with van der Waals surface area (Å²) in [6, 6.07) is 0. The number of hydrogen-bond donors (Lipinski definition) is 0. The third-order valence-electron chi connectivity index (χ3n) is 0.577. The molecule has 11 heavy (non-hydrogen) atoms. The van der Waals surface area contributed by atoms with Crippen LogP contribution in [0.3, 0.4) is 0 Å². The Morgan fingerprint density at radius 3 is 1.09 bits per heavy atom. The summed E-state index contributed by atoms with van der Waals surface area (Å²) in [5.41, 5.74) is 0. The van der Waals surface area contributed by atoms with Crippen LogP contribution in [0.4, 0.5) is 0 Å². The SMILES string of the molecule is CCC(=S)[S-].CCC(=S)[S-].[Ni+2]. The van der Waals surface area contributed by atoms with E-state index in [4.69, 9.17) is 0 Å². The van der Waals surface area contributed by atoms with E-state index in [1.165, 1.54) is 0 Å². The van der Waals surface area contributed by atoms with Crippen molar-refractivity contribution in [2.75, 3.05) is 0 Å². The molecule has 0 radical (unpaired) electrons. The van der Waals surface area contributed by atoms with E-state index in [9.17, 15) is 0 Å². The van der Waals surface area contributed by atoms with E-state index in [-0.39, 0.29) is 16.5 Å². The Morgan fingerprint density at radius 2 is 1.09 bits per heavy atom. The van der Waals surface area contributed by atoms with Crippen molar-refractivity contribution >= 4 is 58.1 Å². The fourth-order valence-corrected chi connectivity index (χ4v) is 0. The number of rotatable bonds is 2. The van der Waals surface area contributed by atoms with E-state index in [0.717, 1.165) is 12.8 Å². The normalized spacial score (nSPS) is 6.73. The molecule has 0 aliphatic carbocycles. The predicted molar refractivity (Wildman–Crippen MR) is 60.5 cm³/mol. The summed E-state index contributed by atoms with van der Waals surface area (Å²) >= 11 is 18.0. The minimum Gasteiger partial charge on any atom is -0.433 e. The van der Waals surface area contributed by atoms with Crippen molar-refractivity contribution in [2.45, 2.75) is 26.7 Å². The third kappa shape index (κ3) is 35.3. The van der Waals surface area contributed by atoms with Crippen LogP contribution in [-0.2, 0) is 41.7 Å². The van der Waals surface area contributed by atoms with Gasteiger partial charge in [0, 0.05) is 0 Å². The largest absolute Gasteiger partial charge is 2.00 e. The molecule has 0 saturated heterocycles. The molecule has 0 N–H and O–H groups in total. The summed E-state index contributed by atoms with van der Waals surface area (Å²) in [7, 11) is 0. The second kappa shape index (κ2) is 13.7. The Labute approximate surface area is 101 Å². The Morgan fingerprint density at radius 1 is 1.00 bits per heavy atom. The Bertz CT molecular complexity index is 99.1. The molecular formula is C6H10NiS4. The van der Waals surface area contributed by atoms with Gasteiger partial charge in [0.15, 0.2) is 0 Å². The predicted octanol–water partition coefficient (Wildman–Crippen LogP) is 2.54. The first-order chi connectivity index (χ1) is 4.54. The summed E-state index contributed by atoms with van der Waals surface area (Å²) < 4.78 is 1.34. The zero-order chi connectivity index (χ0) is 8.57. The number of thiocarbonyl (C=S) groups is 2. The Kier molecular flexibility index (Phi) is 22.4. The van der Waals surface area contributed by atoms with Gasteiger partial charge in [0.25, 0.3) is 0 Å². The van der Waals surface area contributed by atoms with Gasteiger partial charge >= 0.3 is 16.5 Å². The van der Waals surface area contributed by atoms with E-state index < -0.39 is 0 Å². The van der Waals surface area contributed by atoms with E-state index in [0.29, 0.717) is 8.39 Å². The van der Waals surface area contributed by atoms with Gasteiger partial charge in [-0.15, -0.1) is 0 Å². The third-order valence-corrected chi connectivity index (χ3v) is 1.73. The fourth-order valence-electron chi connectivity index (χ4n) is 0. The molecule has 0 heterocycles. The smallest absolute Gasteiger partial charge is 0.433 e. The van der Waals surface area contributed by atoms with Crippen LogP contribution in [0.1, 0.15) is 26.7 Å². The van der Waals surface area contributed by atoms with E-state index in [1.54, 1.807) is 0 Å². The topological polar surface area (TPSA) is 0 Å². The standard InChI is InChI=1S/2C3H6S2.Ni/c2*1-2-3(4)5;/h2*2H2,1H3,(H,4,5);/q;;+2/p-2. The van der Waals surface area contributed by atoms with Crippen LogP contribution < -0.4 is 0 Å². The molecule has 0 aromatic rings. The van der Waals surface area contributed by atoms with Crippen molar-refractivity contribution < 1.29 is 16.5 Å². The van der Waals surface area contributed by atoms with E-state index in [1.807, 2.05) is 13.8 Å². The van der Waals surface area contributed by atoms with Crippen molar-refractivity contribution in [1.29, 1.82) is 0 Å². The molecule has 0 amide bonds. The molecule has 0 aromatic heterocycles. The first-order valence-corrected chi connectivity index (χ1v) is 4.57. The summed E-state index contributed by atoms with van der Waals surface area (Å²) in [5.74, 6) is 0. The first-order valence-electron chi connectivity index (χ1n) is 2.94. The van der Waals surface area contributed by atoms with Crippen molar-refractivity contribution in [2.24, 2.45) is 0 Å². The van der Waals surface area contributed by atoms with Crippen molar-refractivity contribution in [3.05, 3.63) is 0 Å². The average Bonchev–Trinajstić information content (AvgIpc) is 1.89. The molecule has 5 heteroatoms. The first kappa shape index (κ1) is 18.0. The summed E-state index contributed by atoms with van der Waals surface area (Å²) in [6.45, 7) is 3.91. The van der Waals surface area contributed by atoms with E-state index in [2.05, 4.69) is 49.7 Å².